The minimum Gasteiger partial charge on any atom is -0.381 e. The molecule has 0 N–H and O–H groups in total. The van der Waals surface area contributed by atoms with Crippen LogP contribution in [0.2, 0.25) is 0 Å². The summed E-state index contributed by atoms with van der Waals surface area (Å²) in [5.74, 6) is 4.11. The Morgan fingerprint density at radius 1 is 0.857 bits per heavy atom. The van der Waals surface area contributed by atoms with Gasteiger partial charge in [-0.3, -0.25) is 0 Å². The Hall–Kier alpha value is -0.0400. The first-order valence-corrected chi connectivity index (χ1v) is 9.60. The molecule has 7 unspecified atom stereocenters. The minimum atomic E-state index is 0.556. The van der Waals surface area contributed by atoms with E-state index in [0.29, 0.717) is 16.9 Å². The average Bonchev–Trinajstić information content (AvgIpc) is 2.88. The molecule has 4 saturated carbocycles. The molecule has 21 heavy (non-hydrogen) atoms. The fourth-order valence-corrected chi connectivity index (χ4v) is 7.43. The van der Waals surface area contributed by atoms with Crippen LogP contribution < -0.4 is 0 Å². The van der Waals surface area contributed by atoms with Crippen molar-refractivity contribution in [1.82, 2.24) is 0 Å². The van der Waals surface area contributed by atoms with Gasteiger partial charge < -0.3 is 4.74 Å². The monoisotopic (exact) mass is 290 g/mol. The molecular weight excluding hydrogens is 256 g/mol. The minimum absolute atomic E-state index is 0.556. The summed E-state index contributed by atoms with van der Waals surface area (Å²) in [4.78, 5) is 0. The molecule has 4 aliphatic rings. The van der Waals surface area contributed by atoms with E-state index >= 15 is 0 Å². The summed E-state index contributed by atoms with van der Waals surface area (Å²) in [5, 5.41) is 0. The van der Waals surface area contributed by atoms with Crippen molar-refractivity contribution in [2.24, 2.45) is 34.5 Å². The van der Waals surface area contributed by atoms with Gasteiger partial charge in [0.05, 0.1) is 6.10 Å². The largest absolute Gasteiger partial charge is 0.381 e. The molecule has 0 aromatic rings. The van der Waals surface area contributed by atoms with Crippen molar-refractivity contribution < 1.29 is 4.74 Å². The molecule has 0 spiro atoms. The molecule has 4 rings (SSSR count). The van der Waals surface area contributed by atoms with E-state index in [4.69, 9.17) is 4.74 Å². The zero-order valence-corrected chi connectivity index (χ0v) is 14.4. The first-order valence-electron chi connectivity index (χ1n) is 9.60. The van der Waals surface area contributed by atoms with Crippen molar-refractivity contribution in [1.29, 1.82) is 0 Å². The van der Waals surface area contributed by atoms with Crippen LogP contribution in [-0.2, 0) is 4.74 Å². The molecular formula is C20H34O. The van der Waals surface area contributed by atoms with Crippen LogP contribution in [0.25, 0.3) is 0 Å². The Bertz CT molecular complexity index is 405. The van der Waals surface area contributed by atoms with Gasteiger partial charge in [0.1, 0.15) is 0 Å². The van der Waals surface area contributed by atoms with Crippen LogP contribution in [0.5, 0.6) is 0 Å². The summed E-state index contributed by atoms with van der Waals surface area (Å²) in [5.41, 5.74) is 1.36. The van der Waals surface area contributed by atoms with Crippen molar-refractivity contribution in [2.75, 3.05) is 7.11 Å². The van der Waals surface area contributed by atoms with E-state index < -0.39 is 0 Å². The van der Waals surface area contributed by atoms with Crippen molar-refractivity contribution >= 4 is 0 Å². The first-order chi connectivity index (χ1) is 10.1. The Balaban J connectivity index is 1.59. The van der Waals surface area contributed by atoms with Crippen LogP contribution in [-0.4, -0.2) is 13.2 Å². The highest BCUT2D eigenvalue weighted by Gasteiger charge is 2.57. The van der Waals surface area contributed by atoms with Gasteiger partial charge >= 0.3 is 0 Å². The standard InChI is InChI=1S/C20H34O/c1-19-10-4-5-17(19)16-7-6-14-13-15(21-3)8-12-20(14,2)18(16)9-11-19/h14-18H,4-13H2,1-3H3. The smallest absolute Gasteiger partial charge is 0.0574 e. The lowest BCUT2D eigenvalue weighted by Crippen LogP contribution is -2.53. The van der Waals surface area contributed by atoms with Gasteiger partial charge in [-0.25, -0.2) is 0 Å². The Morgan fingerprint density at radius 3 is 2.52 bits per heavy atom. The molecule has 1 heteroatoms. The van der Waals surface area contributed by atoms with E-state index in [1.165, 1.54) is 57.8 Å². The quantitative estimate of drug-likeness (QED) is 0.625. The van der Waals surface area contributed by atoms with E-state index in [-0.39, 0.29) is 0 Å². The van der Waals surface area contributed by atoms with Gasteiger partial charge in [0.25, 0.3) is 0 Å². The second kappa shape index (κ2) is 4.98. The molecule has 0 amide bonds. The highest BCUT2D eigenvalue weighted by molar-refractivity contribution is 5.07. The van der Waals surface area contributed by atoms with Crippen LogP contribution in [0.4, 0.5) is 0 Å². The van der Waals surface area contributed by atoms with Gasteiger partial charge in [0.15, 0.2) is 0 Å². The lowest BCUT2D eigenvalue weighted by molar-refractivity contribution is -0.125. The van der Waals surface area contributed by atoms with Crippen LogP contribution >= 0.6 is 0 Å². The van der Waals surface area contributed by atoms with E-state index in [9.17, 15) is 0 Å². The average molecular weight is 290 g/mol. The van der Waals surface area contributed by atoms with Crippen LogP contribution in [0.15, 0.2) is 0 Å². The summed E-state index contributed by atoms with van der Waals surface area (Å²) >= 11 is 0. The number of hydrogen-bond acceptors (Lipinski definition) is 1. The van der Waals surface area contributed by atoms with Gasteiger partial charge in [0.2, 0.25) is 0 Å². The van der Waals surface area contributed by atoms with E-state index in [0.717, 1.165) is 23.7 Å². The molecule has 4 aliphatic carbocycles. The lowest BCUT2D eigenvalue weighted by atomic mass is 9.45. The van der Waals surface area contributed by atoms with Gasteiger partial charge in [-0.05, 0) is 92.3 Å². The zero-order valence-electron chi connectivity index (χ0n) is 14.4. The highest BCUT2D eigenvalue weighted by atomic mass is 16.5. The zero-order chi connectivity index (χ0) is 14.7. The third-order valence-electron chi connectivity index (χ3n) is 8.73. The van der Waals surface area contributed by atoms with Gasteiger partial charge in [-0.2, -0.15) is 0 Å². The third-order valence-corrected chi connectivity index (χ3v) is 8.73. The molecule has 0 heterocycles. The van der Waals surface area contributed by atoms with E-state index in [1.54, 1.807) is 6.42 Å². The van der Waals surface area contributed by atoms with Gasteiger partial charge in [-0.15, -0.1) is 0 Å². The summed E-state index contributed by atoms with van der Waals surface area (Å²) < 4.78 is 5.71. The molecule has 0 aliphatic heterocycles. The maximum Gasteiger partial charge on any atom is 0.0574 e. The summed E-state index contributed by atoms with van der Waals surface area (Å²) in [6.45, 7) is 5.29. The first kappa shape index (κ1) is 14.5. The molecule has 0 aromatic carbocycles. The normalized spacial score (nSPS) is 56.4. The number of fused-ring (bicyclic) bond motifs is 5. The van der Waals surface area contributed by atoms with Crippen molar-refractivity contribution in [3.05, 3.63) is 0 Å². The topological polar surface area (TPSA) is 9.23 Å². The highest BCUT2D eigenvalue weighted by Crippen LogP contribution is 2.66. The van der Waals surface area contributed by atoms with Crippen molar-refractivity contribution in [2.45, 2.75) is 84.2 Å². The van der Waals surface area contributed by atoms with E-state index in [1.807, 2.05) is 7.11 Å². The molecule has 0 radical (unpaired) electrons. The SMILES string of the molecule is COC1CCC2(C)C(CCC3C4CCCC4(C)CCC32)C1. The van der Waals surface area contributed by atoms with Gasteiger partial charge in [0, 0.05) is 7.11 Å². The molecule has 0 aromatic heterocycles. The summed E-state index contributed by atoms with van der Waals surface area (Å²) in [6.07, 6.45) is 15.3. The number of methoxy groups -OCH3 is 1. The van der Waals surface area contributed by atoms with Crippen LogP contribution in [0, 0.1) is 34.5 Å². The molecule has 4 fully saturated rings. The fourth-order valence-electron chi connectivity index (χ4n) is 7.43. The van der Waals surface area contributed by atoms with Gasteiger partial charge in [-0.1, -0.05) is 20.3 Å². The molecule has 0 saturated heterocycles. The second-order valence-electron chi connectivity index (χ2n) is 9.37. The molecule has 7 atom stereocenters. The molecule has 1 nitrogen and oxygen atoms in total. The Kier molecular flexibility index (Phi) is 3.45. The van der Waals surface area contributed by atoms with E-state index in [2.05, 4.69) is 13.8 Å². The Morgan fingerprint density at radius 2 is 1.71 bits per heavy atom. The van der Waals surface area contributed by atoms with Crippen LogP contribution in [0.1, 0.15) is 78.1 Å². The maximum absolute atomic E-state index is 5.71. The van der Waals surface area contributed by atoms with Crippen molar-refractivity contribution in [3.63, 3.8) is 0 Å². The molecule has 120 valence electrons. The number of ether oxygens (including phenoxy) is 1. The predicted molar refractivity (Wildman–Crippen MR) is 87.1 cm³/mol. The summed E-state index contributed by atoms with van der Waals surface area (Å²) in [6, 6.07) is 0. The number of rotatable bonds is 1. The Labute approximate surface area is 131 Å². The molecule has 0 bridgehead atoms. The number of hydrogen-bond donors (Lipinski definition) is 0. The van der Waals surface area contributed by atoms with Crippen LogP contribution in [0.3, 0.4) is 0 Å². The third kappa shape index (κ3) is 2.06. The maximum atomic E-state index is 5.71. The predicted octanol–water partition coefficient (Wildman–Crippen LogP) is 5.43. The van der Waals surface area contributed by atoms with Crippen molar-refractivity contribution in [3.8, 4) is 0 Å². The second-order valence-corrected chi connectivity index (χ2v) is 9.37. The fraction of sp³-hybridized carbons (Fsp3) is 1.00. The lowest BCUT2D eigenvalue weighted by Gasteiger charge is -2.60. The summed E-state index contributed by atoms with van der Waals surface area (Å²) in [7, 11) is 1.92.